The minimum Gasteiger partial charge on any atom is -0.407 e. The Kier molecular flexibility index (Phi) is 5.06. The molecule has 0 unspecified atom stereocenters. The summed E-state index contributed by atoms with van der Waals surface area (Å²) in [6.45, 7) is 7.87. The van der Waals surface area contributed by atoms with E-state index in [2.05, 4.69) is 97.4 Å². The fraction of sp³-hybridized carbons (Fsp3) is 0.429. The third kappa shape index (κ3) is 3.26. The zero-order valence-corrected chi connectivity index (χ0v) is 17.5. The number of benzene rings is 2. The maximum atomic E-state index is 6.99. The van der Waals surface area contributed by atoms with Crippen molar-refractivity contribution in [1.82, 2.24) is 0 Å². The van der Waals surface area contributed by atoms with Crippen LogP contribution >= 0.6 is 15.9 Å². The first-order valence-corrected chi connectivity index (χ1v) is 11.8. The molecular formula is C21H27BrOSi. The fourth-order valence-electron chi connectivity index (χ4n) is 3.52. The van der Waals surface area contributed by atoms with Crippen LogP contribution in [0, 0.1) is 5.41 Å². The van der Waals surface area contributed by atoms with Crippen molar-refractivity contribution in [3.63, 3.8) is 0 Å². The van der Waals surface area contributed by atoms with E-state index < -0.39 is 8.32 Å². The monoisotopic (exact) mass is 402 g/mol. The van der Waals surface area contributed by atoms with Gasteiger partial charge in [0.15, 0.2) is 0 Å². The predicted molar refractivity (Wildman–Crippen MR) is 109 cm³/mol. The molecule has 128 valence electrons. The summed E-state index contributed by atoms with van der Waals surface area (Å²) in [5.41, 5.74) is 0.354. The first kappa shape index (κ1) is 17.9. The summed E-state index contributed by atoms with van der Waals surface area (Å²) < 4.78 is 6.99. The van der Waals surface area contributed by atoms with E-state index in [1.54, 1.807) is 0 Å². The predicted octanol–water partition coefficient (Wildman–Crippen LogP) is 4.74. The molecule has 0 spiro atoms. The lowest BCUT2D eigenvalue weighted by molar-refractivity contribution is 0.236. The van der Waals surface area contributed by atoms with Crippen LogP contribution in [0.1, 0.15) is 33.6 Å². The lowest BCUT2D eigenvalue weighted by Gasteiger charge is -2.43. The minimum absolute atomic E-state index is 0.0676. The molecule has 1 fully saturated rings. The van der Waals surface area contributed by atoms with Crippen molar-refractivity contribution >= 4 is 34.6 Å². The van der Waals surface area contributed by atoms with E-state index in [4.69, 9.17) is 4.43 Å². The van der Waals surface area contributed by atoms with Gasteiger partial charge < -0.3 is 4.43 Å². The summed E-state index contributed by atoms with van der Waals surface area (Å²) in [7, 11) is -2.36. The Morgan fingerprint density at radius 2 is 1.38 bits per heavy atom. The van der Waals surface area contributed by atoms with E-state index in [-0.39, 0.29) is 5.04 Å². The second kappa shape index (κ2) is 6.78. The molecule has 0 atom stereocenters. The highest BCUT2D eigenvalue weighted by atomic mass is 79.9. The zero-order chi connectivity index (χ0) is 17.3. The van der Waals surface area contributed by atoms with Crippen molar-refractivity contribution in [2.45, 2.75) is 38.7 Å². The largest absolute Gasteiger partial charge is 0.407 e. The highest BCUT2D eigenvalue weighted by molar-refractivity contribution is 9.09. The summed E-state index contributed by atoms with van der Waals surface area (Å²) in [6.07, 6.45) is 2.55. The minimum atomic E-state index is -2.36. The maximum absolute atomic E-state index is 6.99. The van der Waals surface area contributed by atoms with Crippen LogP contribution in [0.2, 0.25) is 5.04 Å². The molecular weight excluding hydrogens is 376 g/mol. The van der Waals surface area contributed by atoms with E-state index in [1.807, 2.05) is 0 Å². The van der Waals surface area contributed by atoms with Crippen molar-refractivity contribution in [2.24, 2.45) is 5.41 Å². The first-order valence-electron chi connectivity index (χ1n) is 8.75. The van der Waals surface area contributed by atoms with Gasteiger partial charge >= 0.3 is 0 Å². The highest BCUT2D eigenvalue weighted by Crippen LogP contribution is 2.49. The second-order valence-electron chi connectivity index (χ2n) is 8.09. The van der Waals surface area contributed by atoms with Gasteiger partial charge in [-0.3, -0.25) is 0 Å². The van der Waals surface area contributed by atoms with Crippen LogP contribution in [0.3, 0.4) is 0 Å². The normalized spacial score (nSPS) is 16.8. The third-order valence-corrected chi connectivity index (χ3v) is 11.4. The van der Waals surface area contributed by atoms with Crippen LogP contribution in [0.15, 0.2) is 60.7 Å². The van der Waals surface area contributed by atoms with Crippen LogP contribution in [0.5, 0.6) is 0 Å². The van der Waals surface area contributed by atoms with E-state index in [9.17, 15) is 0 Å². The Bertz CT molecular complexity index is 620. The first-order chi connectivity index (χ1) is 11.4. The molecule has 24 heavy (non-hydrogen) atoms. The van der Waals surface area contributed by atoms with Gasteiger partial charge in [0.2, 0.25) is 0 Å². The van der Waals surface area contributed by atoms with E-state index in [1.165, 1.54) is 23.2 Å². The van der Waals surface area contributed by atoms with Gasteiger partial charge in [0.1, 0.15) is 0 Å². The molecule has 1 nitrogen and oxygen atoms in total. The number of hydrogen-bond acceptors (Lipinski definition) is 1. The molecule has 3 heteroatoms. The molecule has 0 aromatic heterocycles. The van der Waals surface area contributed by atoms with Crippen LogP contribution in [-0.4, -0.2) is 20.3 Å². The molecule has 1 aliphatic rings. The molecule has 0 aliphatic heterocycles. The molecule has 0 heterocycles. The number of hydrogen-bond donors (Lipinski definition) is 0. The average molecular weight is 403 g/mol. The van der Waals surface area contributed by atoms with Crippen molar-refractivity contribution in [1.29, 1.82) is 0 Å². The topological polar surface area (TPSA) is 9.23 Å². The SMILES string of the molecule is CC(C)(C)[Si](OCC1(CBr)CC1)(c1ccccc1)c1ccccc1. The average Bonchev–Trinajstić information content (AvgIpc) is 3.37. The lowest BCUT2D eigenvalue weighted by Crippen LogP contribution is -2.67. The fourth-order valence-corrected chi connectivity index (χ4v) is 8.92. The number of alkyl halides is 1. The quantitative estimate of drug-likeness (QED) is 0.500. The van der Waals surface area contributed by atoms with Gasteiger partial charge in [0.05, 0.1) is 0 Å². The third-order valence-electron chi connectivity index (χ3n) is 5.25. The second-order valence-corrected chi connectivity index (χ2v) is 13.0. The van der Waals surface area contributed by atoms with Gasteiger partial charge in [0, 0.05) is 17.4 Å². The standard InChI is InChI=1S/C21H27BrOSi/c1-20(2,3)24(18-10-6-4-7-11-18,19-12-8-5-9-13-19)23-17-21(16-22)14-15-21/h4-13H,14-17H2,1-3H3. The summed E-state index contributed by atoms with van der Waals surface area (Å²) in [6, 6.07) is 21.8. The van der Waals surface area contributed by atoms with Crippen LogP contribution < -0.4 is 10.4 Å². The zero-order valence-electron chi connectivity index (χ0n) is 14.9. The summed E-state index contributed by atoms with van der Waals surface area (Å²) in [5, 5.41) is 3.85. The van der Waals surface area contributed by atoms with Gasteiger partial charge in [-0.15, -0.1) is 0 Å². The Morgan fingerprint density at radius 3 is 1.71 bits per heavy atom. The van der Waals surface area contributed by atoms with Crippen molar-refractivity contribution < 1.29 is 4.43 Å². The summed E-state index contributed by atoms with van der Waals surface area (Å²) >= 11 is 3.70. The molecule has 2 aromatic carbocycles. The van der Waals surface area contributed by atoms with Gasteiger partial charge in [-0.1, -0.05) is 97.4 Å². The van der Waals surface area contributed by atoms with E-state index >= 15 is 0 Å². The molecule has 0 radical (unpaired) electrons. The Morgan fingerprint density at radius 1 is 0.917 bits per heavy atom. The highest BCUT2D eigenvalue weighted by Gasteiger charge is 2.52. The molecule has 0 N–H and O–H groups in total. The smallest absolute Gasteiger partial charge is 0.261 e. The number of rotatable bonds is 6. The number of halogens is 1. The molecule has 2 aromatic rings. The van der Waals surface area contributed by atoms with Crippen LogP contribution in [0.25, 0.3) is 0 Å². The van der Waals surface area contributed by atoms with Crippen molar-refractivity contribution in [3.8, 4) is 0 Å². The van der Waals surface area contributed by atoms with Crippen LogP contribution in [0.4, 0.5) is 0 Å². The van der Waals surface area contributed by atoms with E-state index in [0.717, 1.165) is 11.9 Å². The van der Waals surface area contributed by atoms with Gasteiger partial charge in [-0.05, 0) is 28.3 Å². The van der Waals surface area contributed by atoms with Gasteiger partial charge in [0.25, 0.3) is 8.32 Å². The lowest BCUT2D eigenvalue weighted by atomic mass is 10.2. The van der Waals surface area contributed by atoms with Crippen molar-refractivity contribution in [3.05, 3.63) is 60.7 Å². The molecule has 1 saturated carbocycles. The van der Waals surface area contributed by atoms with Crippen LogP contribution in [-0.2, 0) is 4.43 Å². The molecule has 1 aliphatic carbocycles. The molecule has 0 amide bonds. The Balaban J connectivity index is 2.10. The van der Waals surface area contributed by atoms with Gasteiger partial charge in [-0.25, -0.2) is 0 Å². The van der Waals surface area contributed by atoms with Gasteiger partial charge in [-0.2, -0.15) is 0 Å². The Labute approximate surface area is 155 Å². The molecule has 0 bridgehead atoms. The summed E-state index contributed by atoms with van der Waals surface area (Å²) in [5.74, 6) is 0. The molecule has 0 saturated heterocycles. The maximum Gasteiger partial charge on any atom is 0.261 e. The van der Waals surface area contributed by atoms with Crippen molar-refractivity contribution in [2.75, 3.05) is 11.9 Å². The van der Waals surface area contributed by atoms with E-state index in [0.29, 0.717) is 5.41 Å². The summed E-state index contributed by atoms with van der Waals surface area (Å²) in [4.78, 5) is 0. The Hall–Kier alpha value is -0.903. The molecule has 3 rings (SSSR count).